The van der Waals surface area contributed by atoms with Crippen LogP contribution in [0.1, 0.15) is 16.1 Å². The number of benzene rings is 1. The van der Waals surface area contributed by atoms with E-state index in [1.807, 2.05) is 0 Å². The maximum Gasteiger partial charge on any atom is 0.274 e. The minimum absolute atomic E-state index is 0.103. The molecule has 0 aliphatic carbocycles. The van der Waals surface area contributed by atoms with E-state index in [0.29, 0.717) is 31.9 Å². The fourth-order valence-corrected chi connectivity index (χ4v) is 5.34. The van der Waals surface area contributed by atoms with Gasteiger partial charge < -0.3 is 19.1 Å². The molecule has 2 aromatic rings. The number of morpholine rings is 2. The first-order valence-corrected chi connectivity index (χ1v) is 12.1. The molecule has 0 atom stereocenters. The molecule has 0 unspecified atom stereocenters. The summed E-state index contributed by atoms with van der Waals surface area (Å²) in [5.74, 6) is -0.228. The smallest absolute Gasteiger partial charge is 0.274 e. The number of ether oxygens (including phenoxy) is 3. The van der Waals surface area contributed by atoms with Gasteiger partial charge in [-0.2, -0.15) is 9.40 Å². The molecule has 2 saturated heterocycles. The van der Waals surface area contributed by atoms with Crippen LogP contribution in [0, 0.1) is 17.0 Å². The van der Waals surface area contributed by atoms with Gasteiger partial charge >= 0.3 is 0 Å². The zero-order valence-corrected chi connectivity index (χ0v) is 19.6. The standard InChI is InChI=1S/C20H25N5O8S/c1-14-18(19(26)23-5-9-31-10-6-23)21-22(2)20(14)33-16-4-3-15(25(27)28)13-17(16)34(29,30)24-7-11-32-12-8-24/h3-4,13H,5-12H2,1-2H3. The molecule has 1 aromatic carbocycles. The largest absolute Gasteiger partial charge is 0.438 e. The number of aromatic nitrogens is 2. The van der Waals surface area contributed by atoms with E-state index in [4.69, 9.17) is 14.2 Å². The highest BCUT2D eigenvalue weighted by Crippen LogP contribution is 2.36. The zero-order chi connectivity index (χ0) is 24.5. The summed E-state index contributed by atoms with van der Waals surface area (Å²) in [6.45, 7) is 4.08. The minimum atomic E-state index is -4.12. The van der Waals surface area contributed by atoms with Crippen molar-refractivity contribution in [1.29, 1.82) is 0 Å². The molecule has 1 amide bonds. The predicted octanol–water partition coefficient (Wildman–Crippen LogP) is 0.922. The second kappa shape index (κ2) is 9.66. The molecular formula is C20H25N5O8S. The van der Waals surface area contributed by atoms with Crippen LogP contribution in [0.15, 0.2) is 23.1 Å². The van der Waals surface area contributed by atoms with Gasteiger partial charge in [0, 0.05) is 50.9 Å². The number of aryl methyl sites for hydroxylation is 1. The Labute approximate surface area is 196 Å². The number of amides is 1. The van der Waals surface area contributed by atoms with Crippen LogP contribution < -0.4 is 4.74 Å². The lowest BCUT2D eigenvalue weighted by Crippen LogP contribution is -2.41. The van der Waals surface area contributed by atoms with Gasteiger partial charge in [-0.05, 0) is 13.0 Å². The lowest BCUT2D eigenvalue weighted by molar-refractivity contribution is -0.385. The third kappa shape index (κ3) is 4.61. The molecule has 184 valence electrons. The Morgan fingerprint density at radius 3 is 2.35 bits per heavy atom. The number of rotatable bonds is 6. The Kier molecular flexibility index (Phi) is 6.84. The van der Waals surface area contributed by atoms with Crippen molar-refractivity contribution in [3.05, 3.63) is 39.6 Å². The van der Waals surface area contributed by atoms with Gasteiger partial charge in [-0.3, -0.25) is 14.9 Å². The van der Waals surface area contributed by atoms with Gasteiger partial charge in [0.2, 0.25) is 15.9 Å². The Bertz CT molecular complexity index is 1200. The summed E-state index contributed by atoms with van der Waals surface area (Å²) < 4.78 is 45.7. The molecule has 2 aliphatic rings. The predicted molar refractivity (Wildman–Crippen MR) is 117 cm³/mol. The summed E-state index contributed by atoms with van der Waals surface area (Å²) >= 11 is 0. The van der Waals surface area contributed by atoms with E-state index in [2.05, 4.69) is 5.10 Å². The lowest BCUT2D eigenvalue weighted by atomic mass is 10.2. The fraction of sp³-hybridized carbons (Fsp3) is 0.500. The summed E-state index contributed by atoms with van der Waals surface area (Å²) in [6.07, 6.45) is 0. The van der Waals surface area contributed by atoms with E-state index in [0.717, 1.165) is 6.07 Å². The number of nitro groups is 1. The van der Waals surface area contributed by atoms with Crippen LogP contribution in [-0.2, 0) is 26.5 Å². The van der Waals surface area contributed by atoms with E-state index in [1.165, 1.54) is 21.1 Å². The molecule has 0 N–H and O–H groups in total. The maximum absolute atomic E-state index is 13.3. The van der Waals surface area contributed by atoms with Crippen molar-refractivity contribution in [3.8, 4) is 11.6 Å². The summed E-state index contributed by atoms with van der Waals surface area (Å²) in [5, 5.41) is 15.6. The zero-order valence-electron chi connectivity index (χ0n) is 18.8. The number of sulfonamides is 1. The molecule has 14 heteroatoms. The van der Waals surface area contributed by atoms with Gasteiger partial charge in [-0.1, -0.05) is 0 Å². The molecule has 0 bridgehead atoms. The molecule has 3 heterocycles. The highest BCUT2D eigenvalue weighted by Gasteiger charge is 2.33. The van der Waals surface area contributed by atoms with Gasteiger partial charge in [0.1, 0.15) is 10.6 Å². The van der Waals surface area contributed by atoms with Crippen LogP contribution in [0.25, 0.3) is 0 Å². The van der Waals surface area contributed by atoms with Gasteiger partial charge in [-0.15, -0.1) is 0 Å². The minimum Gasteiger partial charge on any atom is -0.438 e. The molecule has 0 spiro atoms. The number of carbonyl (C=O) groups is 1. The van der Waals surface area contributed by atoms with Crippen LogP contribution in [0.5, 0.6) is 11.6 Å². The number of nitrogens with zero attached hydrogens (tertiary/aromatic N) is 5. The number of carbonyl (C=O) groups excluding carboxylic acids is 1. The van der Waals surface area contributed by atoms with Crippen LogP contribution in [0.3, 0.4) is 0 Å². The van der Waals surface area contributed by atoms with E-state index in [9.17, 15) is 23.3 Å². The highest BCUT2D eigenvalue weighted by molar-refractivity contribution is 7.89. The first-order chi connectivity index (χ1) is 16.2. The Morgan fingerprint density at radius 2 is 1.74 bits per heavy atom. The number of non-ortho nitro benzene ring substituents is 1. The molecule has 34 heavy (non-hydrogen) atoms. The van der Waals surface area contributed by atoms with Gasteiger partial charge in [0.25, 0.3) is 11.6 Å². The van der Waals surface area contributed by atoms with Crippen molar-refractivity contribution in [3.63, 3.8) is 0 Å². The Balaban J connectivity index is 1.71. The van der Waals surface area contributed by atoms with Gasteiger partial charge in [-0.25, -0.2) is 13.1 Å². The molecule has 0 saturated carbocycles. The Hall–Kier alpha value is -3.07. The second-order valence-corrected chi connectivity index (χ2v) is 9.72. The lowest BCUT2D eigenvalue weighted by Gasteiger charge is -2.26. The normalized spacial score (nSPS) is 17.5. The Morgan fingerprint density at radius 1 is 1.12 bits per heavy atom. The monoisotopic (exact) mass is 495 g/mol. The van der Waals surface area contributed by atoms with Crippen LogP contribution in [0.4, 0.5) is 5.69 Å². The first-order valence-electron chi connectivity index (χ1n) is 10.6. The third-order valence-electron chi connectivity index (χ3n) is 5.65. The van der Waals surface area contributed by atoms with Crippen LogP contribution in [-0.4, -0.2) is 90.8 Å². The van der Waals surface area contributed by atoms with Crippen molar-refractivity contribution in [2.75, 3.05) is 52.6 Å². The highest BCUT2D eigenvalue weighted by atomic mass is 32.2. The number of hydrogen-bond donors (Lipinski definition) is 0. The summed E-state index contributed by atoms with van der Waals surface area (Å²) in [4.78, 5) is 24.9. The molecule has 2 fully saturated rings. The number of nitro benzene ring substituents is 1. The van der Waals surface area contributed by atoms with Crippen molar-refractivity contribution >= 4 is 21.6 Å². The first kappa shape index (κ1) is 24.1. The van der Waals surface area contributed by atoms with E-state index >= 15 is 0 Å². The number of hydrogen-bond acceptors (Lipinski definition) is 9. The van der Waals surface area contributed by atoms with Crippen molar-refractivity contribution in [2.45, 2.75) is 11.8 Å². The average Bonchev–Trinajstić information content (AvgIpc) is 3.13. The van der Waals surface area contributed by atoms with E-state index in [-0.39, 0.29) is 60.1 Å². The third-order valence-corrected chi connectivity index (χ3v) is 7.57. The van der Waals surface area contributed by atoms with Crippen LogP contribution in [0.2, 0.25) is 0 Å². The van der Waals surface area contributed by atoms with E-state index < -0.39 is 14.9 Å². The van der Waals surface area contributed by atoms with E-state index in [1.54, 1.807) is 18.9 Å². The van der Waals surface area contributed by atoms with Crippen molar-refractivity contribution in [1.82, 2.24) is 19.0 Å². The topological polar surface area (TPSA) is 146 Å². The molecule has 0 radical (unpaired) electrons. The van der Waals surface area contributed by atoms with Gasteiger partial charge in [0.05, 0.1) is 31.4 Å². The quantitative estimate of drug-likeness (QED) is 0.422. The second-order valence-electron chi connectivity index (χ2n) is 7.81. The molecule has 2 aliphatic heterocycles. The molecule has 4 rings (SSSR count). The average molecular weight is 496 g/mol. The SMILES string of the molecule is Cc1c(C(=O)N2CCOCC2)nn(C)c1Oc1ccc([N+](=O)[O-])cc1S(=O)(=O)N1CCOCC1. The molecule has 1 aromatic heterocycles. The fourth-order valence-electron chi connectivity index (χ4n) is 3.80. The summed E-state index contributed by atoms with van der Waals surface area (Å²) in [7, 11) is -2.55. The maximum atomic E-state index is 13.3. The van der Waals surface area contributed by atoms with Crippen LogP contribution >= 0.6 is 0 Å². The molecule has 13 nitrogen and oxygen atoms in total. The molecular weight excluding hydrogens is 470 g/mol. The van der Waals surface area contributed by atoms with Crippen molar-refractivity contribution < 1.29 is 32.3 Å². The summed E-state index contributed by atoms with van der Waals surface area (Å²) in [6, 6.07) is 3.38. The summed E-state index contributed by atoms with van der Waals surface area (Å²) in [5.41, 5.74) is 0.218. The van der Waals surface area contributed by atoms with Crippen molar-refractivity contribution in [2.24, 2.45) is 7.05 Å². The van der Waals surface area contributed by atoms with Gasteiger partial charge in [0.15, 0.2) is 5.69 Å².